The fraction of sp³-hybridized carbons (Fsp3) is 0.848. The summed E-state index contributed by atoms with van der Waals surface area (Å²) in [6.45, 7) is 4.77. The van der Waals surface area contributed by atoms with E-state index in [0.29, 0.717) is 23.0 Å². The van der Waals surface area contributed by atoms with Gasteiger partial charge in [-0.05, 0) is 105 Å². The predicted octanol–water partition coefficient (Wildman–Crippen LogP) is 7.09. The third-order valence-corrected chi connectivity index (χ3v) is 13.8. The molecule has 0 aromatic heterocycles. The summed E-state index contributed by atoms with van der Waals surface area (Å²) < 4.78 is 3.17. The maximum Gasteiger partial charge on any atom is 0.334 e. The van der Waals surface area contributed by atoms with Crippen molar-refractivity contribution < 1.29 is 14.4 Å². The van der Waals surface area contributed by atoms with Crippen molar-refractivity contribution in [3.05, 3.63) is 12.2 Å². The van der Waals surface area contributed by atoms with Crippen LogP contribution in [0.2, 0.25) is 0 Å². The van der Waals surface area contributed by atoms with E-state index in [-0.39, 0.29) is 46.7 Å². The Kier molecular flexibility index (Phi) is 8.08. The lowest BCUT2D eigenvalue weighted by atomic mass is 9.47. The number of amides is 4. The Bertz CT molecular complexity index is 1020. The standard InChI is InChI=1S/C33H51N3O3S/c1-32-20-18-26-24(14-17-28-33(26,2)21-19-29(37)35(28)3)25(32)15-16-27(32)30(38)36(22-10-6-4-7-11-22)31(39)34-40-23-12-8-5-9-13-23/h19,21-28H,4-18,20H2,1-3H3,(H,34,39)/t24-,25-,26-,27+,28+,32-,33+/m0/s1. The van der Waals surface area contributed by atoms with E-state index < -0.39 is 0 Å². The molecule has 7 heteroatoms. The molecule has 1 heterocycles. The number of urea groups is 1. The lowest BCUT2D eigenvalue weighted by molar-refractivity contribution is -0.147. The van der Waals surface area contributed by atoms with E-state index in [0.717, 1.165) is 77.0 Å². The summed E-state index contributed by atoms with van der Waals surface area (Å²) >= 11 is 1.58. The third-order valence-electron chi connectivity index (χ3n) is 12.7. The Morgan fingerprint density at radius 1 is 0.900 bits per heavy atom. The molecule has 1 aliphatic heterocycles. The SMILES string of the molecule is CN1C(=O)C=C[C@]2(C)[C@H]3CC[C@]4(C)[C@@H](C(=O)N(C(=O)NSC5CCCCC5)C5CCCCC5)CC[C@H]4[C@@H]3CC[C@@H]12. The highest BCUT2D eigenvalue weighted by Crippen LogP contribution is 2.65. The fourth-order valence-corrected chi connectivity index (χ4v) is 11.4. The van der Waals surface area contributed by atoms with Crippen LogP contribution in [0.1, 0.15) is 117 Å². The first-order valence-electron chi connectivity index (χ1n) is 16.5. The van der Waals surface area contributed by atoms with Gasteiger partial charge in [0.05, 0.1) is 0 Å². The molecule has 1 N–H and O–H groups in total. The summed E-state index contributed by atoms with van der Waals surface area (Å²) in [7, 11) is 1.98. The Balaban J connectivity index is 1.20. The monoisotopic (exact) mass is 569 g/mol. The van der Waals surface area contributed by atoms with E-state index in [1.54, 1.807) is 22.9 Å². The van der Waals surface area contributed by atoms with Crippen molar-refractivity contribution in [2.75, 3.05) is 7.05 Å². The van der Waals surface area contributed by atoms with Gasteiger partial charge in [0.1, 0.15) is 0 Å². The highest BCUT2D eigenvalue weighted by Gasteiger charge is 2.62. The van der Waals surface area contributed by atoms with Crippen molar-refractivity contribution >= 4 is 29.8 Å². The number of likely N-dealkylation sites (N-methyl/N-ethyl adjacent to an activating group) is 1. The molecular weight excluding hydrogens is 518 g/mol. The van der Waals surface area contributed by atoms with Gasteiger partial charge < -0.3 is 4.90 Å². The van der Waals surface area contributed by atoms with Crippen LogP contribution in [-0.4, -0.2) is 52.0 Å². The van der Waals surface area contributed by atoms with Gasteiger partial charge in [0.25, 0.3) is 0 Å². The predicted molar refractivity (Wildman–Crippen MR) is 160 cm³/mol. The molecule has 4 amide bonds. The van der Waals surface area contributed by atoms with Gasteiger partial charge in [-0.3, -0.25) is 19.2 Å². The Morgan fingerprint density at radius 3 is 2.33 bits per heavy atom. The summed E-state index contributed by atoms with van der Waals surface area (Å²) in [5, 5.41) is 0.476. The molecule has 6 aliphatic rings. The van der Waals surface area contributed by atoms with Crippen molar-refractivity contribution in [3.8, 4) is 0 Å². The van der Waals surface area contributed by atoms with Crippen LogP contribution in [-0.2, 0) is 9.59 Å². The van der Waals surface area contributed by atoms with E-state index in [1.807, 2.05) is 11.9 Å². The van der Waals surface area contributed by atoms with E-state index in [9.17, 15) is 14.4 Å². The van der Waals surface area contributed by atoms with Crippen LogP contribution in [0.15, 0.2) is 12.2 Å². The summed E-state index contributed by atoms with van der Waals surface area (Å²) in [5.74, 6) is 1.83. The normalized spacial score (nSPS) is 40.2. The molecule has 5 saturated carbocycles. The van der Waals surface area contributed by atoms with Crippen molar-refractivity contribution in [1.29, 1.82) is 0 Å². The van der Waals surface area contributed by atoms with Crippen LogP contribution < -0.4 is 4.72 Å². The van der Waals surface area contributed by atoms with Crippen LogP contribution in [0.4, 0.5) is 4.79 Å². The van der Waals surface area contributed by atoms with Gasteiger partial charge in [-0.1, -0.05) is 58.4 Å². The highest BCUT2D eigenvalue weighted by atomic mass is 32.2. The molecule has 0 radical (unpaired) electrons. The number of rotatable bonds is 4. The zero-order valence-corrected chi connectivity index (χ0v) is 25.9. The molecule has 0 aromatic rings. The number of hydrogen-bond donors (Lipinski definition) is 1. The largest absolute Gasteiger partial charge is 0.338 e. The van der Waals surface area contributed by atoms with Gasteiger partial charge >= 0.3 is 6.03 Å². The molecule has 0 unspecified atom stereocenters. The fourth-order valence-electron chi connectivity index (χ4n) is 10.5. The summed E-state index contributed by atoms with van der Waals surface area (Å²) in [6.07, 6.45) is 21.8. The topological polar surface area (TPSA) is 69.7 Å². The number of carbonyl (C=O) groups excluding carboxylic acids is 3. The smallest absolute Gasteiger partial charge is 0.334 e. The molecular formula is C33H51N3O3S. The molecule has 5 fully saturated rings. The number of fused-ring (bicyclic) bond motifs is 5. The van der Waals surface area contributed by atoms with Gasteiger partial charge in [0, 0.05) is 35.7 Å². The second-order valence-corrected chi connectivity index (χ2v) is 15.7. The third kappa shape index (κ3) is 4.84. The van der Waals surface area contributed by atoms with Gasteiger partial charge in [0.2, 0.25) is 11.8 Å². The van der Waals surface area contributed by atoms with Crippen molar-refractivity contribution in [3.63, 3.8) is 0 Å². The second kappa shape index (κ2) is 11.3. The lowest BCUT2D eigenvalue weighted by Gasteiger charge is -2.60. The first-order valence-corrected chi connectivity index (χ1v) is 17.4. The number of imide groups is 1. The second-order valence-electron chi connectivity index (χ2n) is 14.6. The summed E-state index contributed by atoms with van der Waals surface area (Å²) in [6, 6.07) is 0.171. The Morgan fingerprint density at radius 2 is 1.60 bits per heavy atom. The zero-order valence-electron chi connectivity index (χ0n) is 25.0. The Labute approximate surface area is 246 Å². The Hall–Kier alpha value is -1.50. The van der Waals surface area contributed by atoms with E-state index in [4.69, 9.17) is 0 Å². The van der Waals surface area contributed by atoms with E-state index in [2.05, 4.69) is 24.6 Å². The molecule has 6 nitrogen and oxygen atoms in total. The minimum absolute atomic E-state index is 0.0133. The number of hydrogen-bond acceptors (Lipinski definition) is 4. The number of nitrogens with zero attached hydrogens (tertiary/aromatic N) is 2. The zero-order chi connectivity index (χ0) is 28.1. The maximum absolute atomic E-state index is 14.5. The van der Waals surface area contributed by atoms with Crippen LogP contribution in [0, 0.1) is 34.5 Å². The van der Waals surface area contributed by atoms with Crippen molar-refractivity contribution in [1.82, 2.24) is 14.5 Å². The first kappa shape index (κ1) is 28.6. The minimum Gasteiger partial charge on any atom is -0.338 e. The summed E-state index contributed by atoms with van der Waals surface area (Å²) in [4.78, 5) is 44.5. The summed E-state index contributed by atoms with van der Waals surface area (Å²) in [5.41, 5.74) is -0.0371. The van der Waals surface area contributed by atoms with Gasteiger partial charge in [-0.25, -0.2) is 4.79 Å². The highest BCUT2D eigenvalue weighted by molar-refractivity contribution is 7.98. The average Bonchev–Trinajstić information content (AvgIpc) is 3.33. The molecule has 7 atom stereocenters. The molecule has 222 valence electrons. The number of nitrogens with one attached hydrogen (secondary N) is 1. The molecule has 0 spiro atoms. The quantitative estimate of drug-likeness (QED) is 0.367. The maximum atomic E-state index is 14.5. The van der Waals surface area contributed by atoms with E-state index >= 15 is 0 Å². The van der Waals surface area contributed by atoms with Crippen LogP contribution >= 0.6 is 11.9 Å². The first-order chi connectivity index (χ1) is 19.2. The van der Waals surface area contributed by atoms with Gasteiger partial charge in [-0.15, -0.1) is 0 Å². The minimum atomic E-state index is -0.152. The van der Waals surface area contributed by atoms with Gasteiger partial charge in [-0.2, -0.15) is 0 Å². The van der Waals surface area contributed by atoms with Crippen LogP contribution in [0.25, 0.3) is 0 Å². The van der Waals surface area contributed by atoms with Crippen LogP contribution in [0.5, 0.6) is 0 Å². The molecule has 5 aliphatic carbocycles. The van der Waals surface area contributed by atoms with Crippen LogP contribution in [0.3, 0.4) is 0 Å². The van der Waals surface area contributed by atoms with Crippen molar-refractivity contribution in [2.24, 2.45) is 34.5 Å². The molecule has 0 aromatic carbocycles. The molecule has 40 heavy (non-hydrogen) atoms. The lowest BCUT2D eigenvalue weighted by Crippen LogP contribution is -2.60. The number of carbonyl (C=O) groups is 3. The van der Waals surface area contributed by atoms with Crippen molar-refractivity contribution in [2.45, 2.75) is 134 Å². The van der Waals surface area contributed by atoms with E-state index in [1.165, 1.54) is 25.7 Å². The molecule has 6 rings (SSSR count). The molecule has 0 bridgehead atoms. The average molecular weight is 570 g/mol. The molecule has 0 saturated heterocycles. The van der Waals surface area contributed by atoms with Gasteiger partial charge in [0.15, 0.2) is 0 Å².